The lowest BCUT2D eigenvalue weighted by Crippen LogP contribution is -2.59. The summed E-state index contributed by atoms with van der Waals surface area (Å²) in [7, 11) is 0. The van der Waals surface area contributed by atoms with Gasteiger partial charge in [0.2, 0.25) is 0 Å². The summed E-state index contributed by atoms with van der Waals surface area (Å²) >= 11 is 1.88. The van der Waals surface area contributed by atoms with Crippen molar-refractivity contribution < 1.29 is 9.84 Å². The van der Waals surface area contributed by atoms with Gasteiger partial charge in [0.05, 0.1) is 25.4 Å². The van der Waals surface area contributed by atoms with Crippen molar-refractivity contribution in [1.29, 1.82) is 0 Å². The number of aliphatic hydroxyl groups is 1. The van der Waals surface area contributed by atoms with E-state index in [1.807, 2.05) is 11.8 Å². The fourth-order valence-electron chi connectivity index (χ4n) is 4.86. The number of nitrogens with one attached hydrogen (secondary N) is 2. The monoisotopic (exact) mass is 540 g/mol. The van der Waals surface area contributed by atoms with Gasteiger partial charge in [0.1, 0.15) is 0 Å². The molecule has 1 heterocycles. The standard InChI is InChI=1S/C21H40N4O2S.HI/c1-3-22-19(24-17-21(26)11-8-18(21)28-4-2)23-16-20(9-6-5-7-10-20)25-12-14-27-15-13-25;/h18,26H,3-17H2,1-2H3,(H2,22,23,24);1H. The van der Waals surface area contributed by atoms with Crippen LogP contribution >= 0.6 is 35.7 Å². The van der Waals surface area contributed by atoms with Crippen LogP contribution in [0, 0.1) is 0 Å². The second-order valence-electron chi connectivity index (χ2n) is 8.52. The molecule has 2 unspecified atom stereocenters. The zero-order valence-electron chi connectivity index (χ0n) is 18.3. The lowest BCUT2D eigenvalue weighted by molar-refractivity contribution is -0.0334. The van der Waals surface area contributed by atoms with Crippen molar-refractivity contribution in [2.24, 2.45) is 4.99 Å². The van der Waals surface area contributed by atoms with E-state index < -0.39 is 5.60 Å². The van der Waals surface area contributed by atoms with Crippen LogP contribution < -0.4 is 10.6 Å². The minimum Gasteiger partial charge on any atom is -0.387 e. The zero-order chi connectivity index (χ0) is 19.9. The molecule has 0 aromatic heterocycles. The molecule has 2 saturated carbocycles. The molecule has 0 aromatic carbocycles. The van der Waals surface area contributed by atoms with Gasteiger partial charge >= 0.3 is 0 Å². The Morgan fingerprint density at radius 2 is 1.86 bits per heavy atom. The molecule has 3 rings (SSSR count). The smallest absolute Gasteiger partial charge is 0.191 e. The van der Waals surface area contributed by atoms with Crippen molar-refractivity contribution in [2.45, 2.75) is 75.2 Å². The highest BCUT2D eigenvalue weighted by Crippen LogP contribution is 2.40. The maximum absolute atomic E-state index is 10.9. The molecule has 2 atom stereocenters. The van der Waals surface area contributed by atoms with Gasteiger partial charge in [-0.05, 0) is 38.4 Å². The van der Waals surface area contributed by atoms with Crippen LogP contribution in [0.1, 0.15) is 58.8 Å². The Hall–Kier alpha value is 0.230. The lowest BCUT2D eigenvalue weighted by atomic mass is 9.79. The fourth-order valence-corrected chi connectivity index (χ4v) is 6.06. The molecule has 3 fully saturated rings. The molecule has 3 aliphatic rings. The number of thioether (sulfide) groups is 1. The van der Waals surface area contributed by atoms with Gasteiger partial charge < -0.3 is 20.5 Å². The Morgan fingerprint density at radius 1 is 1.14 bits per heavy atom. The van der Waals surface area contributed by atoms with Crippen molar-refractivity contribution in [3.63, 3.8) is 0 Å². The molecule has 1 saturated heterocycles. The van der Waals surface area contributed by atoms with Crippen LogP contribution in [0.4, 0.5) is 0 Å². The second kappa shape index (κ2) is 12.3. The summed E-state index contributed by atoms with van der Waals surface area (Å²) in [5, 5.41) is 18.1. The van der Waals surface area contributed by atoms with Gasteiger partial charge in [0, 0.05) is 37.0 Å². The van der Waals surface area contributed by atoms with Crippen molar-refractivity contribution >= 4 is 41.7 Å². The number of halogens is 1. The lowest BCUT2D eigenvalue weighted by Gasteiger charge is -2.47. The van der Waals surface area contributed by atoms with E-state index in [0.29, 0.717) is 11.8 Å². The Bertz CT molecular complexity index is 513. The molecule has 0 radical (unpaired) electrons. The van der Waals surface area contributed by atoms with Gasteiger partial charge in [0.15, 0.2) is 5.96 Å². The van der Waals surface area contributed by atoms with Gasteiger partial charge in [0.25, 0.3) is 0 Å². The van der Waals surface area contributed by atoms with Crippen molar-refractivity contribution in [1.82, 2.24) is 15.5 Å². The summed E-state index contributed by atoms with van der Waals surface area (Å²) in [6, 6.07) is 0. The van der Waals surface area contributed by atoms with E-state index in [0.717, 1.165) is 63.9 Å². The number of aliphatic imine (C=N–C) groups is 1. The van der Waals surface area contributed by atoms with Crippen molar-refractivity contribution in [3.8, 4) is 0 Å². The first-order valence-electron chi connectivity index (χ1n) is 11.3. The van der Waals surface area contributed by atoms with Crippen LogP contribution in [0.15, 0.2) is 4.99 Å². The summed E-state index contributed by atoms with van der Waals surface area (Å²) < 4.78 is 5.59. The van der Waals surface area contributed by atoms with E-state index in [-0.39, 0.29) is 29.5 Å². The molecular formula is C21H41IN4O2S. The molecular weight excluding hydrogens is 499 g/mol. The summed E-state index contributed by atoms with van der Waals surface area (Å²) in [5.74, 6) is 1.91. The third-order valence-corrected chi connectivity index (χ3v) is 8.12. The Balaban J connectivity index is 0.00000300. The van der Waals surface area contributed by atoms with Crippen LogP contribution in [0.25, 0.3) is 0 Å². The van der Waals surface area contributed by atoms with Gasteiger partial charge in [-0.15, -0.1) is 24.0 Å². The number of ether oxygens (including phenoxy) is 1. The van der Waals surface area contributed by atoms with E-state index in [9.17, 15) is 5.11 Å². The summed E-state index contributed by atoms with van der Waals surface area (Å²) in [5.41, 5.74) is -0.415. The highest BCUT2D eigenvalue weighted by atomic mass is 127. The number of hydrogen-bond acceptors (Lipinski definition) is 5. The van der Waals surface area contributed by atoms with Gasteiger partial charge in [-0.3, -0.25) is 9.89 Å². The molecule has 1 aliphatic heterocycles. The third-order valence-electron chi connectivity index (χ3n) is 6.71. The van der Waals surface area contributed by atoms with Crippen LogP contribution in [0.5, 0.6) is 0 Å². The van der Waals surface area contributed by atoms with Gasteiger partial charge in [-0.1, -0.05) is 26.2 Å². The number of nitrogens with zero attached hydrogens (tertiary/aromatic N) is 2. The molecule has 8 heteroatoms. The first-order valence-corrected chi connectivity index (χ1v) is 12.4. The quantitative estimate of drug-likeness (QED) is 0.250. The van der Waals surface area contributed by atoms with E-state index in [2.05, 4.69) is 29.4 Å². The van der Waals surface area contributed by atoms with Crippen LogP contribution in [-0.4, -0.2) is 84.0 Å². The maximum atomic E-state index is 10.9. The molecule has 0 bridgehead atoms. The minimum atomic E-state index is -0.594. The van der Waals surface area contributed by atoms with Gasteiger partial charge in [-0.25, -0.2) is 0 Å². The Labute approximate surface area is 198 Å². The molecule has 170 valence electrons. The molecule has 29 heavy (non-hydrogen) atoms. The van der Waals surface area contributed by atoms with Crippen LogP contribution in [0.3, 0.4) is 0 Å². The number of hydrogen-bond donors (Lipinski definition) is 3. The van der Waals surface area contributed by atoms with Crippen LogP contribution in [-0.2, 0) is 4.74 Å². The Morgan fingerprint density at radius 3 is 2.45 bits per heavy atom. The second-order valence-corrected chi connectivity index (χ2v) is 10.00. The molecule has 0 aromatic rings. The average molecular weight is 541 g/mol. The average Bonchev–Trinajstić information content (AvgIpc) is 2.74. The maximum Gasteiger partial charge on any atom is 0.191 e. The highest BCUT2D eigenvalue weighted by Gasteiger charge is 2.45. The first kappa shape index (κ1) is 25.5. The number of rotatable bonds is 8. The molecule has 0 amide bonds. The summed E-state index contributed by atoms with van der Waals surface area (Å²) in [6.45, 7) is 10.2. The zero-order valence-corrected chi connectivity index (χ0v) is 21.4. The third kappa shape index (κ3) is 6.60. The van der Waals surface area contributed by atoms with E-state index >= 15 is 0 Å². The largest absolute Gasteiger partial charge is 0.387 e. The van der Waals surface area contributed by atoms with Crippen molar-refractivity contribution in [2.75, 3.05) is 51.7 Å². The highest BCUT2D eigenvalue weighted by molar-refractivity contribution is 14.0. The normalized spacial score (nSPS) is 30.2. The molecule has 3 N–H and O–H groups in total. The van der Waals surface area contributed by atoms with Crippen molar-refractivity contribution in [3.05, 3.63) is 0 Å². The topological polar surface area (TPSA) is 69.1 Å². The predicted molar refractivity (Wildman–Crippen MR) is 134 cm³/mol. The van der Waals surface area contributed by atoms with E-state index in [1.54, 1.807) is 0 Å². The summed E-state index contributed by atoms with van der Waals surface area (Å²) in [4.78, 5) is 7.65. The fraction of sp³-hybridized carbons (Fsp3) is 0.952. The minimum absolute atomic E-state index is 0. The van der Waals surface area contributed by atoms with Crippen LogP contribution in [0.2, 0.25) is 0 Å². The molecule has 0 spiro atoms. The molecule has 2 aliphatic carbocycles. The Kier molecular flexibility index (Phi) is 10.8. The SMILES string of the molecule is CCNC(=NCC1(N2CCOCC2)CCCCC1)NCC1(O)CCC1SCC.I. The number of morpholine rings is 1. The predicted octanol–water partition coefficient (Wildman–Crippen LogP) is 2.84. The summed E-state index contributed by atoms with van der Waals surface area (Å²) in [6.07, 6.45) is 8.40. The molecule has 6 nitrogen and oxygen atoms in total. The van der Waals surface area contributed by atoms with Gasteiger partial charge in [-0.2, -0.15) is 11.8 Å². The van der Waals surface area contributed by atoms with E-state index in [4.69, 9.17) is 9.73 Å². The first-order chi connectivity index (χ1) is 13.6. The van der Waals surface area contributed by atoms with E-state index in [1.165, 1.54) is 32.1 Å². The number of guanidine groups is 1.